The predicted octanol–water partition coefficient (Wildman–Crippen LogP) is 16.8. The second-order valence-electron chi connectivity index (χ2n) is 14.6. The highest BCUT2D eigenvalue weighted by atomic mass is 32.1. The third-order valence-corrected chi connectivity index (χ3v) is 13.3. The van der Waals surface area contributed by atoms with Crippen LogP contribution < -0.4 is 14.7 Å². The van der Waals surface area contributed by atoms with Crippen LogP contribution in [0.1, 0.15) is 0 Å². The Morgan fingerprint density at radius 2 is 0.695 bits per heavy atom. The molecule has 2 aromatic heterocycles. The number of rotatable bonds is 9. The van der Waals surface area contributed by atoms with Gasteiger partial charge < -0.3 is 14.7 Å². The largest absolute Gasteiger partial charge is 0.310 e. The molecule has 3 nitrogen and oxygen atoms in total. The molecular formula is C54H37N3S2. The minimum absolute atomic E-state index is 1.11. The van der Waals surface area contributed by atoms with Gasteiger partial charge in [-0.1, -0.05) is 115 Å². The molecule has 0 fully saturated rings. The molecule has 0 saturated heterocycles. The summed E-state index contributed by atoms with van der Waals surface area (Å²) in [7, 11) is 0. The van der Waals surface area contributed by atoms with Gasteiger partial charge in [-0.05, 0) is 109 Å². The molecule has 0 aliphatic heterocycles. The average Bonchev–Trinajstić information content (AvgIpc) is 3.88. The zero-order valence-electron chi connectivity index (χ0n) is 32.0. The molecule has 59 heavy (non-hydrogen) atoms. The Morgan fingerprint density at radius 3 is 1.27 bits per heavy atom. The van der Waals surface area contributed by atoms with Crippen LogP contribution in [0.2, 0.25) is 0 Å². The number of benzene rings is 9. The number of hydrogen-bond donors (Lipinski definition) is 0. The smallest absolute Gasteiger partial charge is 0.0641 e. The molecule has 0 radical (unpaired) electrons. The lowest BCUT2D eigenvalue weighted by atomic mass is 10.0. The van der Waals surface area contributed by atoms with Gasteiger partial charge >= 0.3 is 0 Å². The Kier molecular flexibility index (Phi) is 8.88. The van der Waals surface area contributed by atoms with Crippen molar-refractivity contribution in [1.29, 1.82) is 0 Å². The Hall–Kier alpha value is -7.18. The van der Waals surface area contributed by atoms with E-state index in [0.29, 0.717) is 0 Å². The van der Waals surface area contributed by atoms with E-state index in [1.165, 1.54) is 40.3 Å². The molecule has 0 aliphatic carbocycles. The molecule has 280 valence electrons. The molecular weight excluding hydrogens is 755 g/mol. The van der Waals surface area contributed by atoms with Crippen LogP contribution in [0.15, 0.2) is 224 Å². The third kappa shape index (κ3) is 6.29. The molecule has 11 aromatic rings. The van der Waals surface area contributed by atoms with Crippen LogP contribution >= 0.6 is 22.7 Å². The van der Waals surface area contributed by atoms with Crippen LogP contribution in [-0.2, 0) is 0 Å². The molecule has 9 aromatic carbocycles. The van der Waals surface area contributed by atoms with E-state index in [4.69, 9.17) is 0 Å². The highest BCUT2D eigenvalue weighted by molar-refractivity contribution is 7.26. The maximum Gasteiger partial charge on any atom is 0.0641 e. The number of fused-ring (bicyclic) bond motifs is 6. The highest BCUT2D eigenvalue weighted by Gasteiger charge is 2.24. The molecule has 0 amide bonds. The molecule has 0 spiro atoms. The van der Waals surface area contributed by atoms with Gasteiger partial charge in [0.05, 0.1) is 16.1 Å². The number of hydrogen-bond acceptors (Lipinski definition) is 5. The first kappa shape index (κ1) is 35.0. The summed E-state index contributed by atoms with van der Waals surface area (Å²) in [6.45, 7) is 0. The highest BCUT2D eigenvalue weighted by Crippen LogP contribution is 2.51. The predicted molar refractivity (Wildman–Crippen MR) is 256 cm³/mol. The van der Waals surface area contributed by atoms with Gasteiger partial charge in [-0.3, -0.25) is 0 Å². The van der Waals surface area contributed by atoms with Crippen molar-refractivity contribution in [1.82, 2.24) is 0 Å². The Labute approximate surface area is 351 Å². The number of thiophene rings is 2. The summed E-state index contributed by atoms with van der Waals surface area (Å²) in [4.78, 5) is 7.18. The van der Waals surface area contributed by atoms with Gasteiger partial charge in [-0.15, -0.1) is 22.7 Å². The van der Waals surface area contributed by atoms with Crippen molar-refractivity contribution in [2.24, 2.45) is 0 Å². The lowest BCUT2D eigenvalue weighted by Crippen LogP contribution is -2.12. The monoisotopic (exact) mass is 791 g/mol. The molecule has 11 rings (SSSR count). The van der Waals surface area contributed by atoms with Gasteiger partial charge in [0.1, 0.15) is 0 Å². The van der Waals surface area contributed by atoms with Crippen molar-refractivity contribution in [3.8, 4) is 0 Å². The van der Waals surface area contributed by atoms with Crippen LogP contribution in [0.3, 0.4) is 0 Å². The number of nitrogens with zero attached hydrogens (tertiary/aromatic N) is 3. The zero-order chi connectivity index (χ0) is 39.1. The van der Waals surface area contributed by atoms with Gasteiger partial charge in [-0.25, -0.2) is 0 Å². The first-order valence-electron chi connectivity index (χ1n) is 19.8. The quantitative estimate of drug-likeness (QED) is 0.144. The molecule has 0 saturated carbocycles. The lowest BCUT2D eigenvalue weighted by Gasteiger charge is -2.29. The van der Waals surface area contributed by atoms with Gasteiger partial charge in [0.2, 0.25) is 0 Å². The number of anilines is 9. The lowest BCUT2D eigenvalue weighted by molar-refractivity contribution is 1.28. The van der Waals surface area contributed by atoms with E-state index in [1.807, 2.05) is 22.7 Å². The van der Waals surface area contributed by atoms with Gasteiger partial charge in [0.15, 0.2) is 0 Å². The average molecular weight is 792 g/mol. The standard InChI is InChI=1S/C54H37N3S2/c1-6-18-38(19-7-1)55(39-20-8-2-9-21-39)43-31-35-51-47(36-43)45-32-30-44(37-52(45)58-51)57(42-26-14-5-15-27-42)48-33-34-49(54-53(48)46-28-16-17-29-50(46)59-54)56(40-22-10-3-11-23-40)41-24-12-4-13-25-41/h1-37H. The van der Waals surface area contributed by atoms with Crippen molar-refractivity contribution in [3.63, 3.8) is 0 Å². The van der Waals surface area contributed by atoms with Crippen LogP contribution in [0, 0.1) is 0 Å². The summed E-state index contributed by atoms with van der Waals surface area (Å²) < 4.78 is 5.03. The Balaban J connectivity index is 1.10. The number of para-hydroxylation sites is 5. The van der Waals surface area contributed by atoms with Crippen LogP contribution in [0.4, 0.5) is 51.2 Å². The van der Waals surface area contributed by atoms with Crippen molar-refractivity contribution >= 4 is 114 Å². The molecule has 0 N–H and O–H groups in total. The van der Waals surface area contributed by atoms with E-state index in [2.05, 4.69) is 239 Å². The summed E-state index contributed by atoms with van der Waals surface area (Å²) in [5, 5.41) is 5.01. The minimum atomic E-state index is 1.11. The van der Waals surface area contributed by atoms with E-state index in [1.54, 1.807) is 0 Å². The Bertz CT molecular complexity index is 3140. The van der Waals surface area contributed by atoms with Gasteiger partial charge in [0.25, 0.3) is 0 Å². The molecule has 0 atom stereocenters. The molecule has 0 aliphatic rings. The van der Waals surface area contributed by atoms with Crippen molar-refractivity contribution in [2.75, 3.05) is 14.7 Å². The van der Waals surface area contributed by atoms with E-state index in [-0.39, 0.29) is 0 Å². The van der Waals surface area contributed by atoms with Crippen LogP contribution in [0.25, 0.3) is 40.3 Å². The fourth-order valence-corrected chi connectivity index (χ4v) is 10.7. The zero-order valence-corrected chi connectivity index (χ0v) is 33.7. The fraction of sp³-hybridized carbons (Fsp3) is 0. The summed E-state index contributed by atoms with van der Waals surface area (Å²) in [6, 6.07) is 80.9. The molecule has 0 unspecified atom stereocenters. The van der Waals surface area contributed by atoms with Crippen molar-refractivity contribution < 1.29 is 0 Å². The van der Waals surface area contributed by atoms with Crippen LogP contribution in [-0.4, -0.2) is 0 Å². The topological polar surface area (TPSA) is 9.72 Å². The Morgan fingerprint density at radius 1 is 0.254 bits per heavy atom. The SMILES string of the molecule is c1ccc(N(c2ccccc2)c2ccc3sc4cc(N(c5ccccc5)c5ccc(N(c6ccccc6)c6ccccc6)c6sc7ccccc7c56)ccc4c3c2)cc1. The third-order valence-electron chi connectivity index (χ3n) is 11.0. The van der Waals surface area contributed by atoms with E-state index >= 15 is 0 Å². The molecule has 0 bridgehead atoms. The van der Waals surface area contributed by atoms with E-state index < -0.39 is 0 Å². The van der Waals surface area contributed by atoms with Crippen LogP contribution in [0.5, 0.6) is 0 Å². The first-order valence-corrected chi connectivity index (χ1v) is 21.5. The molecule has 2 heterocycles. The molecule has 5 heteroatoms. The van der Waals surface area contributed by atoms with E-state index in [9.17, 15) is 0 Å². The summed E-state index contributed by atoms with van der Waals surface area (Å²) in [5.74, 6) is 0. The second-order valence-corrected chi connectivity index (χ2v) is 16.7. The normalized spacial score (nSPS) is 11.4. The van der Waals surface area contributed by atoms with Crippen molar-refractivity contribution in [2.45, 2.75) is 0 Å². The summed E-state index contributed by atoms with van der Waals surface area (Å²) >= 11 is 3.72. The second kappa shape index (κ2) is 15.0. The van der Waals surface area contributed by atoms with E-state index in [0.717, 1.165) is 51.2 Å². The summed E-state index contributed by atoms with van der Waals surface area (Å²) in [6.07, 6.45) is 0. The maximum absolute atomic E-state index is 2.45. The minimum Gasteiger partial charge on any atom is -0.310 e. The summed E-state index contributed by atoms with van der Waals surface area (Å²) in [5.41, 5.74) is 10.2. The fourth-order valence-electron chi connectivity index (χ4n) is 8.38. The van der Waals surface area contributed by atoms with Gasteiger partial charge in [0, 0.05) is 75.5 Å². The first-order chi connectivity index (χ1) is 29.3. The van der Waals surface area contributed by atoms with Gasteiger partial charge in [-0.2, -0.15) is 0 Å². The maximum atomic E-state index is 2.45. The van der Waals surface area contributed by atoms with Crippen molar-refractivity contribution in [3.05, 3.63) is 224 Å².